The molecule has 0 aliphatic carbocycles. The third-order valence-corrected chi connectivity index (χ3v) is 2.83. The quantitative estimate of drug-likeness (QED) is 0.879. The molecule has 2 aromatic rings. The number of aromatic nitrogens is 2. The molecule has 1 aromatic heterocycles. The Labute approximate surface area is 101 Å². The number of halogens is 1. The fraction of sp³-hybridized carbons (Fsp3) is 0.0909. The minimum atomic E-state index is -0.969. The number of hydrogen-bond acceptors (Lipinski definition) is 2. The smallest absolute Gasteiger partial charge is 0.338 e. The summed E-state index contributed by atoms with van der Waals surface area (Å²) < 4.78 is 1.54. The lowest BCUT2D eigenvalue weighted by Gasteiger charge is -2.01. The molecule has 1 aromatic carbocycles. The summed E-state index contributed by atoms with van der Waals surface area (Å²) in [6.07, 6.45) is 2.83. The highest BCUT2D eigenvalue weighted by Gasteiger charge is 2.06. The number of carboxylic acids is 1. The van der Waals surface area contributed by atoms with E-state index < -0.39 is 5.97 Å². The molecule has 0 aliphatic rings. The van der Waals surface area contributed by atoms with Crippen molar-refractivity contribution in [2.24, 2.45) is 0 Å². The summed E-state index contributed by atoms with van der Waals surface area (Å²) in [6.45, 7) is 0. The van der Waals surface area contributed by atoms with E-state index in [-0.39, 0.29) is 5.56 Å². The van der Waals surface area contributed by atoms with Gasteiger partial charge in [-0.05, 0) is 17.7 Å². The predicted octanol–water partition coefficient (Wildman–Crippen LogP) is 2.47. The van der Waals surface area contributed by atoms with Crippen molar-refractivity contribution in [2.75, 3.05) is 0 Å². The summed E-state index contributed by atoms with van der Waals surface area (Å²) in [6, 6.07) is 7.73. The van der Waals surface area contributed by atoms with Crippen molar-refractivity contribution in [3.05, 3.63) is 47.8 Å². The van der Waals surface area contributed by atoms with E-state index in [0.717, 1.165) is 16.6 Å². The Morgan fingerprint density at radius 2 is 2.06 bits per heavy atom. The van der Waals surface area contributed by atoms with E-state index in [1.165, 1.54) is 12.4 Å². The third kappa shape index (κ3) is 2.14. The van der Waals surface area contributed by atoms with Crippen molar-refractivity contribution < 1.29 is 9.90 Å². The van der Waals surface area contributed by atoms with Crippen LogP contribution in [0.25, 0.3) is 5.69 Å². The van der Waals surface area contributed by atoms with E-state index in [2.05, 4.69) is 21.0 Å². The van der Waals surface area contributed by atoms with Crippen LogP contribution in [0.2, 0.25) is 0 Å². The number of rotatable bonds is 3. The maximum absolute atomic E-state index is 10.7. The van der Waals surface area contributed by atoms with Gasteiger partial charge >= 0.3 is 5.97 Å². The number of benzene rings is 1. The van der Waals surface area contributed by atoms with Gasteiger partial charge in [0.2, 0.25) is 0 Å². The number of hydrogen-bond donors (Lipinski definition) is 1. The van der Waals surface area contributed by atoms with E-state index in [1.54, 1.807) is 4.68 Å². The molecule has 0 saturated heterocycles. The highest BCUT2D eigenvalue weighted by Crippen LogP contribution is 2.12. The van der Waals surface area contributed by atoms with Crippen LogP contribution in [0.15, 0.2) is 36.7 Å². The van der Waals surface area contributed by atoms with Crippen LogP contribution in [0.4, 0.5) is 0 Å². The van der Waals surface area contributed by atoms with Gasteiger partial charge in [0.05, 0.1) is 17.4 Å². The van der Waals surface area contributed by atoms with Crippen LogP contribution >= 0.6 is 15.9 Å². The van der Waals surface area contributed by atoms with Crippen LogP contribution in [0.3, 0.4) is 0 Å². The van der Waals surface area contributed by atoms with Gasteiger partial charge in [-0.25, -0.2) is 9.48 Å². The van der Waals surface area contributed by atoms with Crippen molar-refractivity contribution in [3.8, 4) is 5.69 Å². The summed E-state index contributed by atoms with van der Waals surface area (Å²) in [4.78, 5) is 10.7. The number of aromatic carboxylic acids is 1. The molecule has 0 aliphatic heterocycles. The Bertz CT molecular complexity index is 505. The zero-order valence-electron chi connectivity index (χ0n) is 8.30. The lowest BCUT2D eigenvalue weighted by molar-refractivity contribution is 0.0697. The van der Waals surface area contributed by atoms with Crippen LogP contribution in [0.1, 0.15) is 15.9 Å². The molecular weight excluding hydrogens is 272 g/mol. The second-order valence-electron chi connectivity index (χ2n) is 3.28. The molecule has 5 heteroatoms. The van der Waals surface area contributed by atoms with Crippen molar-refractivity contribution in [1.29, 1.82) is 0 Å². The van der Waals surface area contributed by atoms with Crippen LogP contribution in [0, 0.1) is 0 Å². The van der Waals surface area contributed by atoms with E-state index in [9.17, 15) is 4.79 Å². The zero-order chi connectivity index (χ0) is 11.5. The van der Waals surface area contributed by atoms with Gasteiger partial charge < -0.3 is 5.11 Å². The molecule has 0 atom stereocenters. The molecule has 16 heavy (non-hydrogen) atoms. The van der Waals surface area contributed by atoms with Gasteiger partial charge in [-0.15, -0.1) is 0 Å². The minimum Gasteiger partial charge on any atom is -0.478 e. The van der Waals surface area contributed by atoms with Crippen LogP contribution in [0.5, 0.6) is 0 Å². The molecule has 0 amide bonds. The average molecular weight is 281 g/mol. The second-order valence-corrected chi connectivity index (χ2v) is 3.84. The second kappa shape index (κ2) is 4.49. The number of carboxylic acid groups (broad SMARTS) is 1. The molecule has 4 nitrogen and oxygen atoms in total. The standard InChI is InChI=1S/C11H9BrN2O2/c12-5-8-1-3-10(4-2-8)14-7-9(6-13-14)11(15)16/h1-4,6-7H,5H2,(H,15,16). The van der Waals surface area contributed by atoms with E-state index in [1.807, 2.05) is 24.3 Å². The average Bonchev–Trinajstić information content (AvgIpc) is 2.78. The molecule has 2 rings (SSSR count). The van der Waals surface area contributed by atoms with Crippen molar-refractivity contribution >= 4 is 21.9 Å². The Kier molecular flexibility index (Phi) is 3.05. The first-order chi connectivity index (χ1) is 7.70. The van der Waals surface area contributed by atoms with Gasteiger partial charge in [0.15, 0.2) is 0 Å². The molecule has 0 fully saturated rings. The molecule has 1 N–H and O–H groups in total. The summed E-state index contributed by atoms with van der Waals surface area (Å²) in [5.74, 6) is -0.969. The molecule has 0 radical (unpaired) electrons. The summed E-state index contributed by atoms with van der Waals surface area (Å²) in [5, 5.41) is 13.6. The van der Waals surface area contributed by atoms with Crippen molar-refractivity contribution in [3.63, 3.8) is 0 Å². The Hall–Kier alpha value is -1.62. The maximum atomic E-state index is 10.7. The Balaban J connectivity index is 2.31. The van der Waals surface area contributed by atoms with Crippen LogP contribution in [-0.4, -0.2) is 20.9 Å². The summed E-state index contributed by atoms with van der Waals surface area (Å²) >= 11 is 3.36. The monoisotopic (exact) mass is 280 g/mol. The van der Waals surface area contributed by atoms with Gasteiger partial charge in [0, 0.05) is 11.5 Å². The first-order valence-electron chi connectivity index (χ1n) is 4.64. The Morgan fingerprint density at radius 1 is 1.38 bits per heavy atom. The summed E-state index contributed by atoms with van der Waals surface area (Å²) in [7, 11) is 0. The van der Waals surface area contributed by atoms with Crippen LogP contribution in [-0.2, 0) is 5.33 Å². The molecule has 0 bridgehead atoms. The van der Waals surface area contributed by atoms with E-state index in [4.69, 9.17) is 5.11 Å². The third-order valence-electron chi connectivity index (χ3n) is 2.18. The fourth-order valence-corrected chi connectivity index (χ4v) is 1.69. The van der Waals surface area contributed by atoms with E-state index >= 15 is 0 Å². The van der Waals surface area contributed by atoms with Gasteiger partial charge in [0.25, 0.3) is 0 Å². The van der Waals surface area contributed by atoms with Gasteiger partial charge in [-0.3, -0.25) is 0 Å². The number of nitrogens with zero attached hydrogens (tertiary/aromatic N) is 2. The minimum absolute atomic E-state index is 0.185. The molecule has 1 heterocycles. The van der Waals surface area contributed by atoms with Gasteiger partial charge in [-0.2, -0.15) is 5.10 Å². The first-order valence-corrected chi connectivity index (χ1v) is 5.76. The lowest BCUT2D eigenvalue weighted by Crippen LogP contribution is -1.95. The molecule has 0 spiro atoms. The highest BCUT2D eigenvalue weighted by molar-refractivity contribution is 9.08. The normalized spacial score (nSPS) is 10.3. The molecule has 0 unspecified atom stereocenters. The van der Waals surface area contributed by atoms with Gasteiger partial charge in [0.1, 0.15) is 0 Å². The Morgan fingerprint density at radius 3 is 2.56 bits per heavy atom. The van der Waals surface area contributed by atoms with Crippen LogP contribution < -0.4 is 0 Å². The molecule has 82 valence electrons. The maximum Gasteiger partial charge on any atom is 0.338 e. The van der Waals surface area contributed by atoms with E-state index in [0.29, 0.717) is 0 Å². The molecule has 0 saturated carbocycles. The lowest BCUT2D eigenvalue weighted by atomic mass is 10.2. The fourth-order valence-electron chi connectivity index (χ4n) is 1.31. The number of alkyl halides is 1. The highest BCUT2D eigenvalue weighted by atomic mass is 79.9. The van der Waals surface area contributed by atoms with Gasteiger partial charge in [-0.1, -0.05) is 28.1 Å². The largest absolute Gasteiger partial charge is 0.478 e. The summed E-state index contributed by atoms with van der Waals surface area (Å²) in [5.41, 5.74) is 2.19. The van der Waals surface area contributed by atoms with Crippen molar-refractivity contribution in [1.82, 2.24) is 9.78 Å². The predicted molar refractivity (Wildman–Crippen MR) is 63.2 cm³/mol. The first kappa shape index (κ1) is 10.9. The SMILES string of the molecule is O=C(O)c1cnn(-c2ccc(CBr)cc2)c1. The topological polar surface area (TPSA) is 55.1 Å². The number of carbonyl (C=O) groups is 1. The van der Waals surface area contributed by atoms with Crippen molar-refractivity contribution in [2.45, 2.75) is 5.33 Å². The zero-order valence-corrected chi connectivity index (χ0v) is 9.89. The molecular formula is C11H9BrN2O2.